The first-order valence-corrected chi connectivity index (χ1v) is 3.99. The van der Waals surface area contributed by atoms with Crippen LogP contribution in [0.5, 0.6) is 0 Å². The first-order chi connectivity index (χ1) is 5.31. The van der Waals surface area contributed by atoms with E-state index in [-0.39, 0.29) is 0 Å². The molecule has 0 fully saturated rings. The number of carbonyl (C=O) groups is 1. The normalized spacial score (nSPS) is 10.6. The van der Waals surface area contributed by atoms with E-state index in [9.17, 15) is 4.79 Å². The number of thiophene rings is 1. The summed E-state index contributed by atoms with van der Waals surface area (Å²) < 4.78 is 1.77. The lowest BCUT2D eigenvalue weighted by Crippen LogP contribution is -1.85. The average Bonchev–Trinajstić information content (AvgIpc) is 2.53. The highest BCUT2D eigenvalue weighted by atomic mass is 32.1. The third-order valence-electron chi connectivity index (χ3n) is 1.54. The van der Waals surface area contributed by atoms with E-state index in [1.165, 1.54) is 11.3 Å². The van der Waals surface area contributed by atoms with Crippen LogP contribution in [0.3, 0.4) is 0 Å². The van der Waals surface area contributed by atoms with Crippen molar-refractivity contribution < 1.29 is 4.79 Å². The van der Waals surface area contributed by atoms with Crippen LogP contribution in [0, 0.1) is 0 Å². The van der Waals surface area contributed by atoms with Crippen LogP contribution in [-0.2, 0) is 7.05 Å². The van der Waals surface area contributed by atoms with Gasteiger partial charge in [0.05, 0.1) is 11.1 Å². The van der Waals surface area contributed by atoms with Crippen LogP contribution in [0.4, 0.5) is 0 Å². The molecule has 0 amide bonds. The maximum Gasteiger partial charge on any atom is 0.160 e. The van der Waals surface area contributed by atoms with Gasteiger partial charge in [0.25, 0.3) is 0 Å². The van der Waals surface area contributed by atoms with E-state index in [2.05, 4.69) is 5.10 Å². The second-order valence-electron chi connectivity index (χ2n) is 2.30. The first kappa shape index (κ1) is 6.54. The van der Waals surface area contributed by atoms with Crippen molar-refractivity contribution in [3.05, 3.63) is 17.1 Å². The van der Waals surface area contributed by atoms with Crippen LogP contribution < -0.4 is 0 Å². The Morgan fingerprint density at radius 1 is 1.73 bits per heavy atom. The van der Waals surface area contributed by atoms with Crippen LogP contribution in [0.1, 0.15) is 9.67 Å². The summed E-state index contributed by atoms with van der Waals surface area (Å²) in [5.41, 5.74) is 0. The van der Waals surface area contributed by atoms with Crippen LogP contribution in [-0.4, -0.2) is 16.1 Å². The Labute approximate surface area is 67.3 Å². The van der Waals surface area contributed by atoms with Crippen molar-refractivity contribution in [2.24, 2.45) is 7.05 Å². The summed E-state index contributed by atoms with van der Waals surface area (Å²) in [4.78, 5) is 12.2. The molecule has 0 bridgehead atoms. The fourth-order valence-electron chi connectivity index (χ4n) is 1.02. The first-order valence-electron chi connectivity index (χ1n) is 3.18. The minimum atomic E-state index is 0.757. The van der Waals surface area contributed by atoms with E-state index in [0.29, 0.717) is 0 Å². The fourth-order valence-corrected chi connectivity index (χ4v) is 1.89. The lowest BCUT2D eigenvalue weighted by atomic mass is 10.4. The molecule has 0 aliphatic carbocycles. The van der Waals surface area contributed by atoms with Crippen molar-refractivity contribution >= 4 is 27.8 Å². The second-order valence-corrected chi connectivity index (χ2v) is 3.36. The van der Waals surface area contributed by atoms with Crippen molar-refractivity contribution in [3.63, 3.8) is 0 Å². The number of nitrogens with zero attached hydrogens (tertiary/aromatic N) is 2. The molecule has 0 saturated carbocycles. The fraction of sp³-hybridized carbons (Fsp3) is 0.143. The molecule has 0 aromatic carbocycles. The molecular formula is C7H6N2OS. The van der Waals surface area contributed by atoms with Gasteiger partial charge in [-0.3, -0.25) is 9.48 Å². The third kappa shape index (κ3) is 0.867. The molecule has 0 saturated heterocycles. The van der Waals surface area contributed by atoms with Crippen LogP contribution in [0.2, 0.25) is 0 Å². The summed E-state index contributed by atoms with van der Waals surface area (Å²) in [6.07, 6.45) is 2.63. The molecule has 56 valence electrons. The van der Waals surface area contributed by atoms with Gasteiger partial charge < -0.3 is 0 Å². The number of rotatable bonds is 1. The second kappa shape index (κ2) is 2.17. The maximum atomic E-state index is 10.4. The van der Waals surface area contributed by atoms with Gasteiger partial charge in [0.15, 0.2) is 6.29 Å². The molecule has 0 atom stereocenters. The molecule has 2 rings (SSSR count). The summed E-state index contributed by atoms with van der Waals surface area (Å²) in [6, 6.07) is 1.85. The summed E-state index contributed by atoms with van der Waals surface area (Å²) in [7, 11) is 1.87. The Bertz CT molecular complexity index is 401. The predicted octanol–water partition coefficient (Wildman–Crippen LogP) is 1.45. The van der Waals surface area contributed by atoms with Gasteiger partial charge in [-0.1, -0.05) is 0 Å². The number of aldehydes is 1. The zero-order valence-corrected chi connectivity index (χ0v) is 6.76. The van der Waals surface area contributed by atoms with Gasteiger partial charge in [-0.15, -0.1) is 11.3 Å². The molecule has 0 spiro atoms. The minimum absolute atomic E-state index is 0.757. The SMILES string of the molecule is Cn1ncc2cc(C=O)sc21. The number of aromatic nitrogens is 2. The highest BCUT2D eigenvalue weighted by molar-refractivity contribution is 7.20. The Hall–Kier alpha value is -1.16. The van der Waals surface area contributed by atoms with E-state index < -0.39 is 0 Å². The monoisotopic (exact) mass is 166 g/mol. The Kier molecular flexibility index (Phi) is 1.29. The van der Waals surface area contributed by atoms with Gasteiger partial charge in [0, 0.05) is 12.4 Å². The molecule has 0 N–H and O–H groups in total. The zero-order chi connectivity index (χ0) is 7.84. The number of hydrogen-bond donors (Lipinski definition) is 0. The lowest BCUT2D eigenvalue weighted by molar-refractivity contribution is 0.112. The smallest absolute Gasteiger partial charge is 0.160 e. The molecule has 2 aromatic heterocycles. The molecule has 3 nitrogen and oxygen atoms in total. The van der Waals surface area contributed by atoms with Crippen molar-refractivity contribution in [1.82, 2.24) is 9.78 Å². The Morgan fingerprint density at radius 3 is 3.18 bits per heavy atom. The van der Waals surface area contributed by atoms with Crippen molar-refractivity contribution in [2.75, 3.05) is 0 Å². The summed E-state index contributed by atoms with van der Waals surface area (Å²) in [6.45, 7) is 0. The zero-order valence-electron chi connectivity index (χ0n) is 5.94. The van der Waals surface area contributed by atoms with E-state index in [0.717, 1.165) is 21.4 Å². The maximum absolute atomic E-state index is 10.4. The van der Waals surface area contributed by atoms with Gasteiger partial charge in [0.1, 0.15) is 4.83 Å². The predicted molar refractivity (Wildman–Crippen MR) is 44.0 cm³/mol. The van der Waals surface area contributed by atoms with Crippen molar-refractivity contribution in [3.8, 4) is 0 Å². The molecular weight excluding hydrogens is 160 g/mol. The third-order valence-corrected chi connectivity index (χ3v) is 2.68. The highest BCUT2D eigenvalue weighted by Crippen LogP contribution is 2.22. The highest BCUT2D eigenvalue weighted by Gasteiger charge is 2.03. The molecule has 0 radical (unpaired) electrons. The Balaban J connectivity index is 2.79. The molecule has 2 heterocycles. The topological polar surface area (TPSA) is 34.9 Å². The molecule has 2 aromatic rings. The van der Waals surface area contributed by atoms with Gasteiger partial charge in [-0.25, -0.2) is 0 Å². The van der Waals surface area contributed by atoms with E-state index in [1.807, 2.05) is 13.1 Å². The average molecular weight is 166 g/mol. The van der Waals surface area contributed by atoms with Gasteiger partial charge in [-0.05, 0) is 6.07 Å². The summed E-state index contributed by atoms with van der Waals surface area (Å²) in [5, 5.41) is 5.08. The summed E-state index contributed by atoms with van der Waals surface area (Å²) in [5.74, 6) is 0. The van der Waals surface area contributed by atoms with Crippen LogP contribution in [0.25, 0.3) is 10.2 Å². The van der Waals surface area contributed by atoms with Crippen LogP contribution >= 0.6 is 11.3 Å². The van der Waals surface area contributed by atoms with Gasteiger partial charge >= 0.3 is 0 Å². The summed E-state index contributed by atoms with van der Waals surface area (Å²) >= 11 is 1.46. The number of carbonyl (C=O) groups excluding carboxylic acids is 1. The molecule has 0 aliphatic heterocycles. The van der Waals surface area contributed by atoms with Crippen LogP contribution in [0.15, 0.2) is 12.3 Å². The number of hydrogen-bond acceptors (Lipinski definition) is 3. The van der Waals surface area contributed by atoms with Crippen molar-refractivity contribution in [1.29, 1.82) is 0 Å². The lowest BCUT2D eigenvalue weighted by Gasteiger charge is -1.84. The van der Waals surface area contributed by atoms with E-state index >= 15 is 0 Å². The van der Waals surface area contributed by atoms with E-state index in [1.54, 1.807) is 10.9 Å². The standard InChI is InChI=1S/C7H6N2OS/c1-9-7-5(3-8-9)2-6(4-10)11-7/h2-4H,1H3. The van der Waals surface area contributed by atoms with E-state index in [4.69, 9.17) is 0 Å². The molecule has 0 unspecified atom stereocenters. The van der Waals surface area contributed by atoms with Crippen molar-refractivity contribution in [2.45, 2.75) is 0 Å². The number of aryl methyl sites for hydroxylation is 1. The quantitative estimate of drug-likeness (QED) is 0.601. The largest absolute Gasteiger partial charge is 0.297 e. The minimum Gasteiger partial charge on any atom is -0.297 e. The molecule has 11 heavy (non-hydrogen) atoms. The molecule has 0 aliphatic rings. The Morgan fingerprint density at radius 2 is 2.55 bits per heavy atom. The number of fused-ring (bicyclic) bond motifs is 1. The molecule has 4 heteroatoms. The van der Waals surface area contributed by atoms with Gasteiger partial charge in [0.2, 0.25) is 0 Å². The van der Waals surface area contributed by atoms with Gasteiger partial charge in [-0.2, -0.15) is 5.10 Å².